The number of fused-ring (bicyclic) bond motifs is 3. The van der Waals surface area contributed by atoms with Crippen LogP contribution in [0.15, 0.2) is 158 Å². The second-order valence-corrected chi connectivity index (χ2v) is 26.9. The summed E-state index contributed by atoms with van der Waals surface area (Å²) >= 11 is 1.85. The largest absolute Gasteiger partial charge is 0.343 e. The maximum atomic E-state index is 4.48. The number of hydrogen-bond donors (Lipinski definition) is 0. The van der Waals surface area contributed by atoms with Crippen LogP contribution in [-0.2, 0) is 26.5 Å². The van der Waals surface area contributed by atoms with E-state index in [0.717, 1.165) is 41.1 Å². The number of thiophene rings is 1. The maximum absolute atomic E-state index is 4.48. The van der Waals surface area contributed by atoms with Gasteiger partial charge in [-0.3, -0.25) is 0 Å². The van der Waals surface area contributed by atoms with Gasteiger partial charge >= 0.3 is 0 Å². The van der Waals surface area contributed by atoms with Gasteiger partial charge in [-0.05, 0) is 91.9 Å². The fourth-order valence-electron chi connectivity index (χ4n) is 11.0. The molecule has 0 amide bonds. The van der Waals surface area contributed by atoms with Crippen LogP contribution in [-0.4, -0.2) is 8.07 Å². The van der Waals surface area contributed by atoms with E-state index >= 15 is 0 Å². The van der Waals surface area contributed by atoms with Crippen LogP contribution < -0.4 is 14.3 Å². The standard InChI is InChI=1S/C36H32NS.C30H38NSi.Ir/c1-5-25(6-2)28-17-18-37(4)33(21-28)30-23-32-34(19-24(30)3)38-35-22-29(26-13-9-7-10-14-26)20-31(36(32)35)27-15-11-8-12-16-27;1-22-17-23(2)28(20-27(22)25-15-11-8-12-16-25)29-19-26(18-24-13-9-7-10-14-24)30(21-31(29)3)32(4,5)6;/h7-23,25H,3-6H2,1-2H3;8,11-12,15-17,19-21,24H,2-3,7,9-10,13-14,18H2,1,4-6H3;/q2*-1;. The molecule has 9 aromatic rings. The van der Waals surface area contributed by atoms with Gasteiger partial charge in [-0.15, -0.1) is 40.7 Å². The van der Waals surface area contributed by atoms with E-state index in [1.807, 2.05) is 15.9 Å². The Balaban J connectivity index is 0.000000191. The summed E-state index contributed by atoms with van der Waals surface area (Å²) in [6.45, 7) is 23.0. The second-order valence-electron chi connectivity index (χ2n) is 20.8. The van der Waals surface area contributed by atoms with Crippen LogP contribution in [0.2, 0.25) is 19.6 Å². The molecule has 0 atom stereocenters. The van der Waals surface area contributed by atoms with Crippen molar-refractivity contribution in [3.63, 3.8) is 0 Å². The smallest absolute Gasteiger partial charge is 0.0709 e. The number of pyridine rings is 2. The van der Waals surface area contributed by atoms with E-state index in [0.29, 0.717) is 5.92 Å². The molecule has 0 N–H and O–H groups in total. The third-order valence-electron chi connectivity index (χ3n) is 14.9. The van der Waals surface area contributed by atoms with Gasteiger partial charge in [-0.25, -0.2) is 0 Å². The molecule has 1 radical (unpaired) electrons. The molecule has 10 rings (SSSR count). The van der Waals surface area contributed by atoms with Crippen molar-refractivity contribution >= 4 is 44.8 Å². The van der Waals surface area contributed by atoms with Gasteiger partial charge in [0.15, 0.2) is 0 Å². The number of rotatable bonds is 11. The van der Waals surface area contributed by atoms with E-state index in [9.17, 15) is 0 Å². The molecule has 5 heteroatoms. The number of benzene rings is 6. The summed E-state index contributed by atoms with van der Waals surface area (Å²) in [6.07, 6.45) is 14.9. The second kappa shape index (κ2) is 22.3. The number of nitrogens with zero attached hydrogens (tertiary/aromatic N) is 2. The van der Waals surface area contributed by atoms with Gasteiger partial charge < -0.3 is 9.13 Å². The number of hydrogen-bond acceptors (Lipinski definition) is 1. The van der Waals surface area contributed by atoms with Gasteiger partial charge in [0.1, 0.15) is 0 Å². The molecular weight excluding hydrogens is 1070 g/mol. The van der Waals surface area contributed by atoms with Crippen LogP contribution in [0.5, 0.6) is 0 Å². The van der Waals surface area contributed by atoms with Crippen molar-refractivity contribution in [1.29, 1.82) is 0 Å². The Morgan fingerprint density at radius 1 is 0.592 bits per heavy atom. The zero-order valence-corrected chi connectivity index (χ0v) is 47.0. The molecule has 0 bridgehead atoms. The van der Waals surface area contributed by atoms with Gasteiger partial charge in [-0.1, -0.05) is 198 Å². The van der Waals surface area contributed by atoms with Crippen molar-refractivity contribution < 1.29 is 29.2 Å². The Morgan fingerprint density at radius 3 is 1.79 bits per heavy atom. The SMILES string of the molecule is [CH2-]c1cc(C)c(-c2ccccc2)cc1-c1cc(CC2CCCCC2)c([Si](C)(C)C)c[n+]1[CH2-].[CH2-]c1cc2sc3cc(-c4ccccc4)cc(-c4ccccc4)c3c2cc1-c1cc(C(CC)CC)cc[n+]1[CH2-].[Ir]. The molecule has 3 heterocycles. The fourth-order valence-corrected chi connectivity index (χ4v) is 13.9. The minimum Gasteiger partial charge on any atom is -0.343 e. The molecule has 0 saturated heterocycles. The Hall–Kier alpha value is -5.81. The molecular formula is C66H70IrN2SSi-2. The first kappa shape index (κ1) is 51.5. The molecule has 1 fully saturated rings. The van der Waals surface area contributed by atoms with Gasteiger partial charge in [0.2, 0.25) is 0 Å². The summed E-state index contributed by atoms with van der Waals surface area (Å²) in [6, 6.07) is 52.9. The fraction of sp³-hybridized carbons (Fsp3) is 0.242. The monoisotopic (exact) mass is 1140 g/mol. The van der Waals surface area contributed by atoms with Gasteiger partial charge in [0.25, 0.3) is 0 Å². The quantitative estimate of drug-likeness (QED) is 0.0693. The van der Waals surface area contributed by atoms with E-state index in [1.54, 1.807) is 10.8 Å². The molecule has 0 aliphatic heterocycles. The molecule has 2 nitrogen and oxygen atoms in total. The van der Waals surface area contributed by atoms with Crippen molar-refractivity contribution in [2.24, 2.45) is 5.92 Å². The summed E-state index contributed by atoms with van der Waals surface area (Å²) < 4.78 is 6.65. The van der Waals surface area contributed by atoms with E-state index in [2.05, 4.69) is 231 Å². The minimum atomic E-state index is -1.48. The zero-order valence-electron chi connectivity index (χ0n) is 42.8. The van der Waals surface area contributed by atoms with E-state index in [4.69, 9.17) is 0 Å². The van der Waals surface area contributed by atoms with Crippen molar-refractivity contribution in [3.8, 4) is 55.9 Å². The average Bonchev–Trinajstić information content (AvgIpc) is 3.73. The molecule has 6 aromatic carbocycles. The summed E-state index contributed by atoms with van der Waals surface area (Å²) in [7, 11) is 7.28. The van der Waals surface area contributed by atoms with Crippen molar-refractivity contribution in [2.75, 3.05) is 0 Å². The third kappa shape index (κ3) is 11.2. The third-order valence-corrected chi connectivity index (χ3v) is 18.1. The van der Waals surface area contributed by atoms with E-state index in [1.165, 1.54) is 114 Å². The molecule has 1 saturated carbocycles. The van der Waals surface area contributed by atoms with Crippen molar-refractivity contribution in [3.05, 3.63) is 214 Å². The Labute approximate surface area is 444 Å². The first-order chi connectivity index (χ1) is 33.8. The number of aryl methyl sites for hydroxylation is 1. The Kier molecular flexibility index (Phi) is 16.2. The van der Waals surface area contributed by atoms with E-state index < -0.39 is 8.07 Å². The van der Waals surface area contributed by atoms with Crippen LogP contribution in [0.25, 0.3) is 76.1 Å². The summed E-state index contributed by atoms with van der Waals surface area (Å²) in [5.74, 6) is 1.37. The van der Waals surface area contributed by atoms with E-state index in [-0.39, 0.29) is 20.1 Å². The molecule has 3 aromatic heterocycles. The molecule has 1 aliphatic carbocycles. The van der Waals surface area contributed by atoms with Crippen LogP contribution in [0, 0.1) is 40.8 Å². The molecule has 0 unspecified atom stereocenters. The minimum absolute atomic E-state index is 0. The normalized spacial score (nSPS) is 13.0. The topological polar surface area (TPSA) is 7.76 Å². The molecule has 1 aliphatic rings. The number of aromatic nitrogens is 2. The van der Waals surface area contributed by atoms with Crippen LogP contribution in [0.3, 0.4) is 0 Å². The first-order valence-electron chi connectivity index (χ1n) is 25.6. The molecule has 365 valence electrons. The molecule has 71 heavy (non-hydrogen) atoms. The predicted molar refractivity (Wildman–Crippen MR) is 305 cm³/mol. The molecule has 0 spiro atoms. The Bertz CT molecular complexity index is 3270. The van der Waals surface area contributed by atoms with Gasteiger partial charge in [-0.2, -0.15) is 31.0 Å². The van der Waals surface area contributed by atoms with Crippen molar-refractivity contribution in [2.45, 2.75) is 97.7 Å². The summed E-state index contributed by atoms with van der Waals surface area (Å²) in [5, 5.41) is 4.14. The summed E-state index contributed by atoms with van der Waals surface area (Å²) in [4.78, 5) is 0. The van der Waals surface area contributed by atoms with Crippen LogP contribution in [0.1, 0.15) is 92.5 Å². The van der Waals surface area contributed by atoms with Crippen LogP contribution >= 0.6 is 11.3 Å². The average molecular weight is 1140 g/mol. The van der Waals surface area contributed by atoms with Crippen molar-refractivity contribution in [1.82, 2.24) is 0 Å². The Morgan fingerprint density at radius 2 is 1.17 bits per heavy atom. The van der Waals surface area contributed by atoms with Gasteiger partial charge in [0.05, 0.1) is 31.9 Å². The zero-order chi connectivity index (χ0) is 49.1. The van der Waals surface area contributed by atoms with Gasteiger partial charge in [0, 0.05) is 44.3 Å². The van der Waals surface area contributed by atoms with Crippen LogP contribution in [0.4, 0.5) is 0 Å². The maximum Gasteiger partial charge on any atom is 0.0709 e. The summed E-state index contributed by atoms with van der Waals surface area (Å²) in [5.41, 5.74) is 18.4. The predicted octanol–water partition coefficient (Wildman–Crippen LogP) is 17.2. The first-order valence-corrected chi connectivity index (χ1v) is 29.9.